The third-order valence-electron chi connectivity index (χ3n) is 4.16. The molecule has 124 valence electrons. The van der Waals surface area contributed by atoms with Gasteiger partial charge in [0.2, 0.25) is 0 Å². The molecule has 0 saturated heterocycles. The Balaban J connectivity index is 2.07. The van der Waals surface area contributed by atoms with Crippen LogP contribution in [-0.2, 0) is 4.57 Å². The van der Waals surface area contributed by atoms with E-state index >= 15 is 0 Å². The predicted octanol–water partition coefficient (Wildman–Crippen LogP) is 3.58. The SMILES string of the molecule is CSc1ccc(P(=O)(c2ccccc2)c2ccccc2)c2nonc12. The van der Waals surface area contributed by atoms with Crippen LogP contribution in [0.25, 0.3) is 11.0 Å². The van der Waals surface area contributed by atoms with Crippen molar-refractivity contribution in [2.45, 2.75) is 4.90 Å². The second-order valence-electron chi connectivity index (χ2n) is 5.53. The van der Waals surface area contributed by atoms with Gasteiger partial charge in [0, 0.05) is 15.5 Å². The van der Waals surface area contributed by atoms with Gasteiger partial charge in [-0.05, 0) is 28.7 Å². The minimum Gasteiger partial charge on any atom is -0.309 e. The Hall–Kier alpha value is -2.36. The van der Waals surface area contributed by atoms with E-state index in [2.05, 4.69) is 10.3 Å². The maximum absolute atomic E-state index is 14.4. The van der Waals surface area contributed by atoms with Gasteiger partial charge in [-0.2, -0.15) is 0 Å². The van der Waals surface area contributed by atoms with E-state index in [0.29, 0.717) is 16.3 Å². The van der Waals surface area contributed by atoms with Gasteiger partial charge in [-0.15, -0.1) is 11.8 Å². The highest BCUT2D eigenvalue weighted by atomic mass is 32.2. The van der Waals surface area contributed by atoms with Crippen molar-refractivity contribution in [2.24, 2.45) is 0 Å². The first-order valence-electron chi connectivity index (χ1n) is 7.76. The third kappa shape index (κ3) is 2.60. The molecule has 3 aromatic carbocycles. The molecule has 0 bridgehead atoms. The topological polar surface area (TPSA) is 56.0 Å². The minimum atomic E-state index is -3.09. The number of aromatic nitrogens is 2. The minimum absolute atomic E-state index is 0.558. The standard InChI is InChI=1S/C19H15N2O2PS/c1-25-17-13-12-16(18-19(17)21-23-20-18)24(22,14-8-4-2-5-9-14)15-10-6-3-7-11-15/h2-13H,1H3. The van der Waals surface area contributed by atoms with Crippen LogP contribution in [-0.4, -0.2) is 16.6 Å². The maximum atomic E-state index is 14.4. The van der Waals surface area contributed by atoms with E-state index in [1.165, 1.54) is 0 Å². The largest absolute Gasteiger partial charge is 0.309 e. The molecular formula is C19H15N2O2PS. The van der Waals surface area contributed by atoms with Crippen LogP contribution in [0.4, 0.5) is 0 Å². The Morgan fingerprint density at radius 1 is 0.800 bits per heavy atom. The summed E-state index contributed by atoms with van der Waals surface area (Å²) >= 11 is 1.56. The van der Waals surface area contributed by atoms with Crippen molar-refractivity contribution in [1.29, 1.82) is 0 Å². The summed E-state index contributed by atoms with van der Waals surface area (Å²) in [5.74, 6) is 0. The van der Waals surface area contributed by atoms with Crippen molar-refractivity contribution in [3.05, 3.63) is 72.8 Å². The zero-order valence-corrected chi connectivity index (χ0v) is 15.2. The molecule has 0 unspecified atom stereocenters. The van der Waals surface area contributed by atoms with Gasteiger partial charge >= 0.3 is 0 Å². The first-order valence-corrected chi connectivity index (χ1v) is 10.7. The molecule has 0 atom stereocenters. The van der Waals surface area contributed by atoms with E-state index in [1.54, 1.807) is 11.8 Å². The molecule has 1 aromatic heterocycles. The molecule has 4 aromatic rings. The Morgan fingerprint density at radius 2 is 1.36 bits per heavy atom. The Labute approximate surface area is 149 Å². The highest BCUT2D eigenvalue weighted by Crippen LogP contribution is 2.44. The Morgan fingerprint density at radius 3 is 1.92 bits per heavy atom. The number of benzene rings is 3. The van der Waals surface area contributed by atoms with Crippen molar-refractivity contribution in [2.75, 3.05) is 6.26 Å². The van der Waals surface area contributed by atoms with Crippen molar-refractivity contribution in [1.82, 2.24) is 10.3 Å². The van der Waals surface area contributed by atoms with Crippen LogP contribution in [0.15, 0.2) is 82.3 Å². The number of hydrogen-bond donors (Lipinski definition) is 0. The molecule has 1 heterocycles. The van der Waals surface area contributed by atoms with Gasteiger partial charge in [-0.25, -0.2) is 4.63 Å². The van der Waals surface area contributed by atoms with E-state index in [0.717, 1.165) is 15.5 Å². The molecule has 4 rings (SSSR count). The van der Waals surface area contributed by atoms with Crippen molar-refractivity contribution >= 4 is 45.9 Å². The van der Waals surface area contributed by atoms with Gasteiger partial charge in [0.25, 0.3) is 0 Å². The van der Waals surface area contributed by atoms with Gasteiger partial charge in [-0.3, -0.25) is 0 Å². The zero-order valence-electron chi connectivity index (χ0n) is 13.5. The molecule has 0 saturated carbocycles. The predicted molar refractivity (Wildman–Crippen MR) is 103 cm³/mol. The van der Waals surface area contributed by atoms with Crippen LogP contribution in [0.5, 0.6) is 0 Å². The van der Waals surface area contributed by atoms with Crippen LogP contribution in [0, 0.1) is 0 Å². The van der Waals surface area contributed by atoms with Gasteiger partial charge in [0.1, 0.15) is 11.0 Å². The lowest BCUT2D eigenvalue weighted by Crippen LogP contribution is -2.25. The maximum Gasteiger partial charge on any atom is 0.173 e. The van der Waals surface area contributed by atoms with Gasteiger partial charge < -0.3 is 4.57 Å². The fraction of sp³-hybridized carbons (Fsp3) is 0.0526. The zero-order chi connectivity index (χ0) is 17.3. The molecule has 25 heavy (non-hydrogen) atoms. The third-order valence-corrected chi connectivity index (χ3v) is 8.02. The lowest BCUT2D eigenvalue weighted by Gasteiger charge is -2.20. The summed E-state index contributed by atoms with van der Waals surface area (Å²) < 4.78 is 19.4. The van der Waals surface area contributed by atoms with Crippen LogP contribution in [0.1, 0.15) is 0 Å². The smallest absolute Gasteiger partial charge is 0.173 e. The summed E-state index contributed by atoms with van der Waals surface area (Å²) in [6.07, 6.45) is 1.97. The molecule has 6 heteroatoms. The monoisotopic (exact) mass is 366 g/mol. The molecule has 0 aliphatic heterocycles. The Bertz CT molecular complexity index is 1020. The van der Waals surface area contributed by atoms with Gasteiger partial charge in [0.15, 0.2) is 7.14 Å². The molecule has 4 nitrogen and oxygen atoms in total. The fourth-order valence-electron chi connectivity index (χ4n) is 2.95. The Kier molecular flexibility index (Phi) is 4.20. The van der Waals surface area contributed by atoms with E-state index in [9.17, 15) is 4.57 Å². The average molecular weight is 366 g/mol. The number of hydrogen-bond acceptors (Lipinski definition) is 5. The fourth-order valence-corrected chi connectivity index (χ4v) is 6.25. The normalized spacial score (nSPS) is 11.7. The van der Waals surface area contributed by atoms with Crippen LogP contribution in [0.3, 0.4) is 0 Å². The highest BCUT2D eigenvalue weighted by Gasteiger charge is 2.33. The van der Waals surface area contributed by atoms with E-state index in [-0.39, 0.29) is 0 Å². The van der Waals surface area contributed by atoms with E-state index < -0.39 is 7.14 Å². The molecule has 0 N–H and O–H groups in total. The molecule has 0 aliphatic carbocycles. The van der Waals surface area contributed by atoms with E-state index in [1.807, 2.05) is 79.1 Å². The summed E-state index contributed by atoms with van der Waals surface area (Å²) in [7, 11) is -3.09. The molecule has 0 radical (unpaired) electrons. The molecule has 0 fully saturated rings. The summed E-state index contributed by atoms with van der Waals surface area (Å²) in [6.45, 7) is 0. The number of nitrogens with zero attached hydrogens (tertiary/aromatic N) is 2. The molecule has 0 aliphatic rings. The number of fused-ring (bicyclic) bond motifs is 1. The second kappa shape index (κ2) is 6.51. The molecule has 0 spiro atoms. The summed E-state index contributed by atoms with van der Waals surface area (Å²) in [6, 6.07) is 22.9. The highest BCUT2D eigenvalue weighted by molar-refractivity contribution is 7.98. The average Bonchev–Trinajstić information content (AvgIpc) is 3.18. The number of rotatable bonds is 4. The van der Waals surface area contributed by atoms with Crippen molar-refractivity contribution < 1.29 is 9.19 Å². The van der Waals surface area contributed by atoms with Crippen LogP contribution >= 0.6 is 18.9 Å². The first-order chi connectivity index (χ1) is 12.2. The molecular weight excluding hydrogens is 351 g/mol. The van der Waals surface area contributed by atoms with Crippen molar-refractivity contribution in [3.63, 3.8) is 0 Å². The summed E-state index contributed by atoms with van der Waals surface area (Å²) in [5.41, 5.74) is 1.21. The lowest BCUT2D eigenvalue weighted by molar-refractivity contribution is 0.315. The second-order valence-corrected chi connectivity index (χ2v) is 9.11. The van der Waals surface area contributed by atoms with Crippen LogP contribution in [0.2, 0.25) is 0 Å². The molecule has 0 amide bonds. The van der Waals surface area contributed by atoms with Gasteiger partial charge in [-0.1, -0.05) is 60.7 Å². The first kappa shape index (κ1) is 16.1. The quantitative estimate of drug-likeness (QED) is 0.408. The van der Waals surface area contributed by atoms with E-state index in [4.69, 9.17) is 4.63 Å². The van der Waals surface area contributed by atoms with Crippen molar-refractivity contribution in [3.8, 4) is 0 Å². The number of thioether (sulfide) groups is 1. The van der Waals surface area contributed by atoms with Gasteiger partial charge in [0.05, 0.1) is 5.30 Å². The summed E-state index contributed by atoms with van der Waals surface area (Å²) in [5, 5.41) is 10.3. The lowest BCUT2D eigenvalue weighted by atomic mass is 10.3. The van der Waals surface area contributed by atoms with Crippen LogP contribution < -0.4 is 15.9 Å². The summed E-state index contributed by atoms with van der Waals surface area (Å²) in [4.78, 5) is 0.952.